The Morgan fingerprint density at radius 2 is 1.29 bits per heavy atom. The van der Waals surface area contributed by atoms with E-state index in [4.69, 9.17) is 4.98 Å². The van der Waals surface area contributed by atoms with Gasteiger partial charge in [-0.1, -0.05) is 171 Å². The molecular formula is C64H54BN4Pt-3. The average Bonchev–Trinajstić information content (AvgIpc) is 3.98. The maximum Gasteiger partial charge on any atom is 0.192 e. The molecule has 10 aromatic rings. The van der Waals surface area contributed by atoms with Gasteiger partial charge in [-0.2, -0.15) is 53.4 Å². The van der Waals surface area contributed by atoms with Gasteiger partial charge in [0.1, 0.15) is 5.82 Å². The third-order valence-corrected chi connectivity index (χ3v) is 14.8. The Balaban J connectivity index is 0.00000533. The van der Waals surface area contributed by atoms with Gasteiger partial charge >= 0.3 is 0 Å². The van der Waals surface area contributed by atoms with E-state index in [-0.39, 0.29) is 38.6 Å². The molecule has 0 N–H and O–H groups in total. The zero-order valence-corrected chi connectivity index (χ0v) is 43.3. The molecule has 0 atom stereocenters. The van der Waals surface area contributed by atoms with E-state index in [1.165, 1.54) is 72.2 Å². The largest absolute Gasteiger partial charge is 0.493 e. The molecule has 1 aliphatic carbocycles. The van der Waals surface area contributed by atoms with Gasteiger partial charge in [-0.05, 0) is 89.7 Å². The van der Waals surface area contributed by atoms with E-state index in [1.807, 2.05) is 6.20 Å². The number of para-hydroxylation sites is 3. The molecule has 3 heterocycles. The normalized spacial score (nSPS) is 13.6. The van der Waals surface area contributed by atoms with Gasteiger partial charge in [-0.3, -0.25) is 0 Å². The van der Waals surface area contributed by atoms with Crippen molar-refractivity contribution in [1.29, 1.82) is 0 Å². The first-order valence-corrected chi connectivity index (χ1v) is 24.2. The first kappa shape index (κ1) is 45.5. The molecule has 0 radical (unpaired) electrons. The third-order valence-electron chi connectivity index (χ3n) is 14.8. The number of hydrogen-bond donors (Lipinski definition) is 0. The van der Waals surface area contributed by atoms with Crippen molar-refractivity contribution in [2.45, 2.75) is 66.2 Å². The van der Waals surface area contributed by atoms with Crippen LogP contribution in [0.4, 0.5) is 22.7 Å². The number of aromatic nitrogens is 2. The summed E-state index contributed by atoms with van der Waals surface area (Å²) in [5.41, 5.74) is 22.5. The Labute approximate surface area is 428 Å². The summed E-state index contributed by atoms with van der Waals surface area (Å²) in [7, 11) is 0. The van der Waals surface area contributed by atoms with Gasteiger partial charge in [-0.15, -0.1) is 17.7 Å². The molecule has 12 rings (SSSR count). The van der Waals surface area contributed by atoms with Crippen molar-refractivity contribution in [3.05, 3.63) is 228 Å². The molecule has 0 unspecified atom stereocenters. The molecule has 2 aromatic heterocycles. The summed E-state index contributed by atoms with van der Waals surface area (Å²) in [6, 6.07) is 70.4. The molecule has 6 heteroatoms. The Morgan fingerprint density at radius 3 is 2.06 bits per heavy atom. The molecule has 0 saturated carbocycles. The zero-order valence-electron chi connectivity index (χ0n) is 41.0. The molecule has 1 aliphatic heterocycles. The minimum absolute atomic E-state index is 0. The van der Waals surface area contributed by atoms with Crippen LogP contribution in [-0.2, 0) is 31.9 Å². The summed E-state index contributed by atoms with van der Waals surface area (Å²) >= 11 is 0. The van der Waals surface area contributed by atoms with Crippen LogP contribution >= 0.6 is 0 Å². The molecular weight excluding hydrogens is 1030 g/mol. The Hall–Kier alpha value is -6.94. The van der Waals surface area contributed by atoms with Gasteiger partial charge in [-0.25, -0.2) is 4.98 Å². The second-order valence-electron chi connectivity index (χ2n) is 20.7. The molecule has 0 fully saturated rings. The van der Waals surface area contributed by atoms with E-state index < -0.39 is 0 Å². The van der Waals surface area contributed by atoms with Gasteiger partial charge in [0.05, 0.1) is 0 Å². The minimum atomic E-state index is -0.162. The predicted molar refractivity (Wildman–Crippen MR) is 291 cm³/mol. The van der Waals surface area contributed by atoms with Crippen LogP contribution < -0.4 is 26.2 Å². The number of anilines is 4. The van der Waals surface area contributed by atoms with Gasteiger partial charge < -0.3 is 14.4 Å². The molecule has 8 aromatic carbocycles. The second kappa shape index (κ2) is 17.2. The maximum atomic E-state index is 5.01. The van der Waals surface area contributed by atoms with Crippen LogP contribution in [-0.4, -0.2) is 16.3 Å². The van der Waals surface area contributed by atoms with Crippen molar-refractivity contribution in [1.82, 2.24) is 9.55 Å². The third kappa shape index (κ3) is 7.27. The number of pyridine rings is 1. The van der Waals surface area contributed by atoms with E-state index in [0.29, 0.717) is 0 Å². The van der Waals surface area contributed by atoms with Crippen LogP contribution in [0.3, 0.4) is 0 Å². The Bertz CT molecular complexity index is 3650. The summed E-state index contributed by atoms with van der Waals surface area (Å²) in [6.45, 7) is 20.3. The molecule has 346 valence electrons. The van der Waals surface area contributed by atoms with Crippen molar-refractivity contribution >= 4 is 67.7 Å². The number of aryl methyl sites for hydroxylation is 3. The zero-order chi connectivity index (χ0) is 47.3. The van der Waals surface area contributed by atoms with Crippen LogP contribution in [0.1, 0.15) is 68.0 Å². The van der Waals surface area contributed by atoms with Crippen molar-refractivity contribution in [2.75, 3.05) is 9.80 Å². The molecule has 4 nitrogen and oxygen atoms in total. The monoisotopic (exact) mass is 1080 g/mol. The fourth-order valence-corrected chi connectivity index (χ4v) is 11.6. The van der Waals surface area contributed by atoms with Crippen LogP contribution in [0, 0.1) is 39.6 Å². The van der Waals surface area contributed by atoms with Crippen molar-refractivity contribution in [2.24, 2.45) is 0 Å². The summed E-state index contributed by atoms with van der Waals surface area (Å²) in [4.78, 5) is 9.78. The molecule has 0 amide bonds. The summed E-state index contributed by atoms with van der Waals surface area (Å²) in [5.74, 6) is 0.897. The maximum absolute atomic E-state index is 5.01. The number of fused-ring (bicyclic) bond motifs is 7. The topological polar surface area (TPSA) is 24.3 Å². The van der Waals surface area contributed by atoms with Crippen molar-refractivity contribution < 1.29 is 21.1 Å². The van der Waals surface area contributed by atoms with E-state index in [1.54, 1.807) is 0 Å². The van der Waals surface area contributed by atoms with E-state index in [9.17, 15) is 0 Å². The number of hydrogen-bond acceptors (Lipinski definition) is 3. The van der Waals surface area contributed by atoms with E-state index >= 15 is 0 Å². The molecule has 0 spiro atoms. The Morgan fingerprint density at radius 1 is 0.600 bits per heavy atom. The van der Waals surface area contributed by atoms with Crippen LogP contribution in [0.5, 0.6) is 0 Å². The SMILES string of the molecule is Cc1cc(C)c(B(c2[c-]c(N3[CH-]N(c4c(-c5ccccc5)ccc5c4-c4ccccc4C5(C)C)c4ccccc43)ccc2)c2[c-]c3c(cc2)c2ccccc2n3-c2cc(C(C)(C)C)ccn2)c(C)c1.[Pt]. The first-order valence-electron chi connectivity index (χ1n) is 24.2. The number of nitrogens with zero attached hydrogens (tertiary/aromatic N) is 4. The average molecular weight is 1090 g/mol. The standard InChI is InChI=1S/C64H54BN4.Pt/c1-41-35-42(2)61(43(3)36-41)65(47-29-30-51-50-23-13-15-26-55(50)69(58(51)39-47)59-37-45(33-34-66-59)63(4,5)6)46-21-18-22-48(38-46)67-40-68(57-28-17-16-27-56(57)67)62-49(44-19-10-9-11-20-44)31-32-54-60(62)52-24-12-14-25-53(52)64(54,7)8;/h9-37,40H,1-8H3;/q-3;. The smallest absolute Gasteiger partial charge is 0.192 e. The van der Waals surface area contributed by atoms with Crippen LogP contribution in [0.15, 0.2) is 176 Å². The van der Waals surface area contributed by atoms with E-state index in [2.05, 4.69) is 258 Å². The van der Waals surface area contributed by atoms with Crippen LogP contribution in [0.2, 0.25) is 0 Å². The summed E-state index contributed by atoms with van der Waals surface area (Å²) < 4.78 is 2.31. The minimum Gasteiger partial charge on any atom is -0.493 e. The molecule has 0 bridgehead atoms. The van der Waals surface area contributed by atoms with Gasteiger partial charge in [0, 0.05) is 66.4 Å². The fraction of sp³-hybridized carbons (Fsp3) is 0.156. The van der Waals surface area contributed by atoms with Gasteiger partial charge in [0.15, 0.2) is 6.71 Å². The second-order valence-corrected chi connectivity index (χ2v) is 20.7. The van der Waals surface area contributed by atoms with Crippen molar-refractivity contribution in [3.63, 3.8) is 0 Å². The quantitative estimate of drug-likeness (QED) is 0.117. The fourth-order valence-electron chi connectivity index (χ4n) is 11.6. The number of rotatable bonds is 7. The first-order chi connectivity index (χ1) is 33.4. The van der Waals surface area contributed by atoms with Crippen molar-refractivity contribution in [3.8, 4) is 28.1 Å². The van der Waals surface area contributed by atoms with E-state index in [0.717, 1.165) is 50.2 Å². The van der Waals surface area contributed by atoms with Gasteiger partial charge in [0.25, 0.3) is 0 Å². The summed E-state index contributed by atoms with van der Waals surface area (Å²) in [6.07, 6.45) is 1.95. The Kier molecular flexibility index (Phi) is 11.2. The number of benzene rings is 8. The predicted octanol–water partition coefficient (Wildman–Crippen LogP) is 13.9. The molecule has 2 aliphatic rings. The van der Waals surface area contributed by atoms with Gasteiger partial charge in [0.2, 0.25) is 0 Å². The molecule has 0 saturated heterocycles. The summed E-state index contributed by atoms with van der Waals surface area (Å²) in [5, 5.41) is 2.34. The molecule has 70 heavy (non-hydrogen) atoms. The van der Waals surface area contributed by atoms with Crippen LogP contribution in [0.25, 0.3) is 49.9 Å².